The van der Waals surface area contributed by atoms with Crippen molar-refractivity contribution < 1.29 is 0 Å². The molecule has 0 bridgehead atoms. The largest absolute Gasteiger partial charge is 0.343 e. The Morgan fingerprint density at radius 3 is 2.50 bits per heavy atom. The van der Waals surface area contributed by atoms with Crippen LogP contribution in [-0.4, -0.2) is 16.4 Å². The number of likely N-dealkylation sites (tertiary alicyclic amines) is 1. The first-order valence-electron chi connectivity index (χ1n) is 4.48. The number of rotatable bonds is 1. The van der Waals surface area contributed by atoms with Crippen LogP contribution in [0.15, 0.2) is 12.3 Å². The van der Waals surface area contributed by atoms with Crippen LogP contribution in [0, 0.1) is 5.41 Å². The minimum absolute atomic E-state index is 0.262. The summed E-state index contributed by atoms with van der Waals surface area (Å²) in [5.74, 6) is 0. The first-order valence-corrected chi connectivity index (χ1v) is 4.89. The van der Waals surface area contributed by atoms with Crippen LogP contribution in [0.4, 0.5) is 0 Å². The zero-order valence-electron chi connectivity index (χ0n) is 8.13. The van der Waals surface area contributed by atoms with Gasteiger partial charge in [0.15, 0.2) is 0 Å². The first kappa shape index (κ1) is 9.72. The van der Waals surface area contributed by atoms with Gasteiger partial charge in [-0.1, -0.05) is 39.1 Å². The molecule has 0 aromatic carbocycles. The summed E-state index contributed by atoms with van der Waals surface area (Å²) in [6.45, 7) is 7.69. The van der Waals surface area contributed by atoms with Crippen LogP contribution in [0.3, 0.4) is 0 Å². The van der Waals surface area contributed by atoms with Gasteiger partial charge in [-0.2, -0.15) is 0 Å². The number of hydrogen-bond acceptors (Lipinski definition) is 1. The number of nitrogens with zero attached hydrogens (tertiary/aromatic N) is 1. The van der Waals surface area contributed by atoms with E-state index < -0.39 is 0 Å². The van der Waals surface area contributed by atoms with Crippen molar-refractivity contribution in [2.75, 3.05) is 6.54 Å². The van der Waals surface area contributed by atoms with E-state index in [4.69, 9.17) is 12.2 Å². The van der Waals surface area contributed by atoms with Crippen molar-refractivity contribution in [2.45, 2.75) is 33.6 Å². The van der Waals surface area contributed by atoms with Gasteiger partial charge in [0.05, 0.1) is 4.99 Å². The average Bonchev–Trinajstić information content (AvgIpc) is 2.29. The normalized spacial score (nSPS) is 19.6. The van der Waals surface area contributed by atoms with E-state index in [9.17, 15) is 0 Å². The third-order valence-electron chi connectivity index (χ3n) is 1.86. The van der Waals surface area contributed by atoms with Gasteiger partial charge in [-0.05, 0) is 18.3 Å². The summed E-state index contributed by atoms with van der Waals surface area (Å²) < 4.78 is 0. The Kier molecular flexibility index (Phi) is 2.89. The lowest BCUT2D eigenvalue weighted by molar-refractivity contribution is 0.522. The number of thiocarbonyl (C=S) groups is 1. The molecule has 0 aliphatic carbocycles. The molecule has 1 aliphatic heterocycles. The van der Waals surface area contributed by atoms with Crippen LogP contribution in [0.1, 0.15) is 33.6 Å². The van der Waals surface area contributed by atoms with Crippen LogP contribution < -0.4 is 0 Å². The average molecular weight is 183 g/mol. The van der Waals surface area contributed by atoms with E-state index in [-0.39, 0.29) is 5.41 Å². The zero-order chi connectivity index (χ0) is 9.19. The molecule has 1 aliphatic rings. The highest BCUT2D eigenvalue weighted by Crippen LogP contribution is 2.18. The predicted octanol–water partition coefficient (Wildman–Crippen LogP) is 2.97. The molecular formula is C10H17NS. The quantitative estimate of drug-likeness (QED) is 0.575. The van der Waals surface area contributed by atoms with E-state index in [0.29, 0.717) is 0 Å². The van der Waals surface area contributed by atoms with Crippen molar-refractivity contribution in [3.63, 3.8) is 0 Å². The Balaban J connectivity index is 2.51. The molecule has 0 aromatic rings. The topological polar surface area (TPSA) is 3.24 Å². The van der Waals surface area contributed by atoms with Crippen molar-refractivity contribution in [3.8, 4) is 0 Å². The molecule has 12 heavy (non-hydrogen) atoms. The molecule has 68 valence electrons. The molecule has 1 rings (SSSR count). The monoisotopic (exact) mass is 183 g/mol. The van der Waals surface area contributed by atoms with E-state index in [1.165, 1.54) is 6.42 Å². The van der Waals surface area contributed by atoms with Gasteiger partial charge >= 0.3 is 0 Å². The Morgan fingerprint density at radius 2 is 2.08 bits per heavy atom. The molecule has 0 saturated carbocycles. The van der Waals surface area contributed by atoms with Gasteiger partial charge in [-0.3, -0.25) is 0 Å². The maximum atomic E-state index is 5.20. The van der Waals surface area contributed by atoms with Crippen LogP contribution in [0.5, 0.6) is 0 Å². The van der Waals surface area contributed by atoms with Gasteiger partial charge in [-0.15, -0.1) is 0 Å². The third-order valence-corrected chi connectivity index (χ3v) is 2.30. The van der Waals surface area contributed by atoms with Gasteiger partial charge in [0.1, 0.15) is 0 Å². The van der Waals surface area contributed by atoms with Gasteiger partial charge < -0.3 is 4.90 Å². The predicted molar refractivity (Wildman–Crippen MR) is 57.1 cm³/mol. The minimum Gasteiger partial charge on any atom is -0.343 e. The van der Waals surface area contributed by atoms with Crippen LogP contribution in [0.25, 0.3) is 0 Å². The van der Waals surface area contributed by atoms with E-state index in [1.54, 1.807) is 0 Å². The van der Waals surface area contributed by atoms with Crippen molar-refractivity contribution in [2.24, 2.45) is 5.41 Å². The molecule has 0 radical (unpaired) electrons. The van der Waals surface area contributed by atoms with Crippen molar-refractivity contribution >= 4 is 17.2 Å². The van der Waals surface area contributed by atoms with Gasteiger partial charge in [0, 0.05) is 12.7 Å². The standard InChI is InChI=1S/C10H17NS/c1-10(2,3)6-8-11-7-4-5-9(11)12/h6,8H,4-5,7H2,1-3H3/b8-6-. The molecule has 1 heterocycles. The molecule has 0 spiro atoms. The lowest BCUT2D eigenvalue weighted by atomic mass is 9.97. The summed E-state index contributed by atoms with van der Waals surface area (Å²) in [6, 6.07) is 0. The maximum absolute atomic E-state index is 5.20. The van der Waals surface area contributed by atoms with Crippen molar-refractivity contribution in [1.29, 1.82) is 0 Å². The molecule has 1 saturated heterocycles. The molecule has 0 atom stereocenters. The summed E-state index contributed by atoms with van der Waals surface area (Å²) >= 11 is 5.20. The summed E-state index contributed by atoms with van der Waals surface area (Å²) in [6.07, 6.45) is 6.65. The fraction of sp³-hybridized carbons (Fsp3) is 0.700. The summed E-state index contributed by atoms with van der Waals surface area (Å²) in [7, 11) is 0. The van der Waals surface area contributed by atoms with E-state index in [2.05, 4.69) is 37.9 Å². The van der Waals surface area contributed by atoms with E-state index >= 15 is 0 Å². The van der Waals surface area contributed by atoms with Gasteiger partial charge in [0.25, 0.3) is 0 Å². The van der Waals surface area contributed by atoms with Crippen LogP contribution in [0.2, 0.25) is 0 Å². The Labute approximate surface area is 80.4 Å². The van der Waals surface area contributed by atoms with Crippen LogP contribution >= 0.6 is 12.2 Å². The molecule has 2 heteroatoms. The fourth-order valence-corrected chi connectivity index (χ4v) is 1.44. The first-order chi connectivity index (χ1) is 5.49. The molecule has 0 N–H and O–H groups in total. The SMILES string of the molecule is CC(C)(C)/C=C\N1CCCC1=S. The summed E-state index contributed by atoms with van der Waals surface area (Å²) in [4.78, 5) is 3.27. The Morgan fingerprint density at radius 1 is 1.42 bits per heavy atom. The molecular weight excluding hydrogens is 166 g/mol. The van der Waals surface area contributed by atoms with Crippen LogP contribution in [-0.2, 0) is 0 Å². The maximum Gasteiger partial charge on any atom is 0.0819 e. The summed E-state index contributed by atoms with van der Waals surface area (Å²) in [5, 5.41) is 0. The van der Waals surface area contributed by atoms with Gasteiger partial charge in [0.2, 0.25) is 0 Å². The number of allylic oxidation sites excluding steroid dienone is 1. The van der Waals surface area contributed by atoms with E-state index in [1.807, 2.05) is 0 Å². The van der Waals surface area contributed by atoms with E-state index in [0.717, 1.165) is 18.0 Å². The third kappa shape index (κ3) is 2.94. The second-order valence-electron chi connectivity index (χ2n) is 4.37. The minimum atomic E-state index is 0.262. The summed E-state index contributed by atoms with van der Waals surface area (Å²) in [5.41, 5.74) is 0.262. The highest BCUT2D eigenvalue weighted by Gasteiger charge is 2.14. The highest BCUT2D eigenvalue weighted by atomic mass is 32.1. The number of hydrogen-bond donors (Lipinski definition) is 0. The molecule has 1 fully saturated rings. The fourth-order valence-electron chi connectivity index (χ4n) is 1.14. The second-order valence-corrected chi connectivity index (χ2v) is 4.84. The highest BCUT2D eigenvalue weighted by molar-refractivity contribution is 7.80. The molecule has 0 amide bonds. The molecule has 0 unspecified atom stereocenters. The second kappa shape index (κ2) is 3.56. The molecule has 1 nitrogen and oxygen atoms in total. The Bertz CT molecular complexity index is 200. The lowest BCUT2D eigenvalue weighted by Crippen LogP contribution is -2.16. The smallest absolute Gasteiger partial charge is 0.0819 e. The molecule has 0 aromatic heterocycles. The van der Waals surface area contributed by atoms with Crippen molar-refractivity contribution in [3.05, 3.63) is 12.3 Å². The van der Waals surface area contributed by atoms with Gasteiger partial charge in [-0.25, -0.2) is 0 Å². The zero-order valence-corrected chi connectivity index (χ0v) is 8.95. The van der Waals surface area contributed by atoms with Crippen molar-refractivity contribution in [1.82, 2.24) is 4.90 Å². The lowest BCUT2D eigenvalue weighted by Gasteiger charge is -2.16. The Hall–Kier alpha value is -0.370.